The van der Waals surface area contributed by atoms with Crippen molar-refractivity contribution in [3.63, 3.8) is 0 Å². The molecular formula is C11H23N3O. The molecule has 15 heavy (non-hydrogen) atoms. The summed E-state index contributed by atoms with van der Waals surface area (Å²) in [4.78, 5) is 15.6. The average Bonchev–Trinajstić information content (AvgIpc) is 2.45. The van der Waals surface area contributed by atoms with Crippen LogP contribution >= 0.6 is 0 Å². The minimum Gasteiger partial charge on any atom is -0.341 e. The lowest BCUT2D eigenvalue weighted by Crippen LogP contribution is -2.33. The first-order chi connectivity index (χ1) is 7.00. The van der Waals surface area contributed by atoms with Crippen LogP contribution < -0.4 is 5.73 Å². The highest BCUT2D eigenvalue weighted by Gasteiger charge is 2.26. The van der Waals surface area contributed by atoms with Crippen LogP contribution in [0.3, 0.4) is 0 Å². The molecule has 4 heteroatoms. The molecule has 1 saturated heterocycles. The third kappa shape index (κ3) is 3.80. The Morgan fingerprint density at radius 1 is 1.60 bits per heavy atom. The van der Waals surface area contributed by atoms with Gasteiger partial charge in [-0.15, -0.1) is 0 Å². The van der Waals surface area contributed by atoms with Crippen LogP contribution in [0.2, 0.25) is 0 Å². The molecule has 1 aliphatic heterocycles. The van der Waals surface area contributed by atoms with Crippen LogP contribution in [0.1, 0.15) is 26.7 Å². The number of amides is 1. The van der Waals surface area contributed by atoms with Gasteiger partial charge in [0.2, 0.25) is 5.91 Å². The van der Waals surface area contributed by atoms with Crippen molar-refractivity contribution < 1.29 is 4.79 Å². The maximum atomic E-state index is 11.4. The average molecular weight is 213 g/mol. The van der Waals surface area contributed by atoms with E-state index in [0.717, 1.165) is 26.1 Å². The topological polar surface area (TPSA) is 49.6 Å². The summed E-state index contributed by atoms with van der Waals surface area (Å²) in [5.41, 5.74) is 5.72. The van der Waals surface area contributed by atoms with Gasteiger partial charge in [-0.3, -0.25) is 4.79 Å². The van der Waals surface area contributed by atoms with E-state index >= 15 is 0 Å². The summed E-state index contributed by atoms with van der Waals surface area (Å²) in [5, 5.41) is 0. The monoisotopic (exact) mass is 213 g/mol. The number of nitrogens with two attached hydrogens (primary N) is 1. The highest BCUT2D eigenvalue weighted by Crippen LogP contribution is 2.09. The van der Waals surface area contributed by atoms with Gasteiger partial charge in [0.25, 0.3) is 0 Å². The third-order valence-electron chi connectivity index (χ3n) is 3.06. The minimum atomic E-state index is 0.0559. The van der Waals surface area contributed by atoms with E-state index in [2.05, 4.69) is 25.8 Å². The van der Waals surface area contributed by atoms with Crippen LogP contribution in [-0.4, -0.2) is 54.5 Å². The van der Waals surface area contributed by atoms with Crippen molar-refractivity contribution in [1.29, 1.82) is 0 Å². The van der Waals surface area contributed by atoms with E-state index in [1.165, 1.54) is 0 Å². The Morgan fingerprint density at radius 2 is 2.27 bits per heavy atom. The standard InChI is InChI=1S/C11H23N3O/c1-9(2)13(3)5-4-6-14-8-10(12)7-11(14)15/h9-10H,4-8,12H2,1-3H3. The van der Waals surface area contributed by atoms with E-state index in [0.29, 0.717) is 12.5 Å². The highest BCUT2D eigenvalue weighted by atomic mass is 16.2. The molecule has 1 amide bonds. The molecule has 0 radical (unpaired) electrons. The van der Waals surface area contributed by atoms with Crippen LogP contribution in [0.4, 0.5) is 0 Å². The van der Waals surface area contributed by atoms with Gasteiger partial charge in [0.05, 0.1) is 0 Å². The summed E-state index contributed by atoms with van der Waals surface area (Å²) in [7, 11) is 2.11. The molecule has 1 aliphatic rings. The third-order valence-corrected chi connectivity index (χ3v) is 3.06. The molecule has 1 unspecified atom stereocenters. The largest absolute Gasteiger partial charge is 0.341 e. The van der Waals surface area contributed by atoms with Gasteiger partial charge < -0.3 is 15.5 Å². The lowest BCUT2D eigenvalue weighted by Gasteiger charge is -2.22. The van der Waals surface area contributed by atoms with Crippen LogP contribution in [0, 0.1) is 0 Å². The van der Waals surface area contributed by atoms with Crippen molar-refractivity contribution >= 4 is 5.91 Å². The van der Waals surface area contributed by atoms with E-state index in [4.69, 9.17) is 5.73 Å². The van der Waals surface area contributed by atoms with Gasteiger partial charge in [0, 0.05) is 31.6 Å². The number of hydrogen-bond acceptors (Lipinski definition) is 3. The fourth-order valence-electron chi connectivity index (χ4n) is 1.79. The Balaban J connectivity index is 2.18. The molecule has 0 saturated carbocycles. The lowest BCUT2D eigenvalue weighted by molar-refractivity contribution is -0.127. The quantitative estimate of drug-likeness (QED) is 0.713. The Morgan fingerprint density at radius 3 is 2.73 bits per heavy atom. The molecule has 0 aliphatic carbocycles. The number of hydrogen-bond donors (Lipinski definition) is 1. The van der Waals surface area contributed by atoms with E-state index in [-0.39, 0.29) is 11.9 Å². The van der Waals surface area contributed by atoms with E-state index in [1.807, 2.05) is 4.90 Å². The Hall–Kier alpha value is -0.610. The normalized spacial score (nSPS) is 22.1. The van der Waals surface area contributed by atoms with Gasteiger partial charge in [-0.05, 0) is 33.9 Å². The molecule has 1 rings (SSSR count). The lowest BCUT2D eigenvalue weighted by atomic mass is 10.3. The van der Waals surface area contributed by atoms with Crippen LogP contribution in [0.25, 0.3) is 0 Å². The summed E-state index contributed by atoms with van der Waals surface area (Å²) >= 11 is 0. The summed E-state index contributed by atoms with van der Waals surface area (Å²) in [6.45, 7) is 6.98. The first-order valence-electron chi connectivity index (χ1n) is 5.74. The zero-order valence-corrected chi connectivity index (χ0v) is 10.1. The minimum absolute atomic E-state index is 0.0559. The molecule has 1 heterocycles. The number of carbonyl (C=O) groups is 1. The summed E-state index contributed by atoms with van der Waals surface area (Å²) in [6, 6.07) is 0.627. The molecule has 0 aromatic rings. The number of carbonyl (C=O) groups excluding carboxylic acids is 1. The van der Waals surface area contributed by atoms with Crippen LogP contribution in [-0.2, 0) is 4.79 Å². The Labute approximate surface area is 92.4 Å². The van der Waals surface area contributed by atoms with Crippen molar-refractivity contribution in [3.05, 3.63) is 0 Å². The molecule has 0 aromatic heterocycles. The molecule has 2 N–H and O–H groups in total. The first kappa shape index (κ1) is 12.5. The fourth-order valence-corrected chi connectivity index (χ4v) is 1.79. The SMILES string of the molecule is CC(C)N(C)CCCN1CC(N)CC1=O. The summed E-state index contributed by atoms with van der Waals surface area (Å²) < 4.78 is 0. The van der Waals surface area contributed by atoms with Gasteiger partial charge >= 0.3 is 0 Å². The summed E-state index contributed by atoms with van der Waals surface area (Å²) in [5.74, 6) is 0.217. The highest BCUT2D eigenvalue weighted by molar-refractivity contribution is 5.79. The fraction of sp³-hybridized carbons (Fsp3) is 0.909. The van der Waals surface area contributed by atoms with Crippen molar-refractivity contribution in [2.24, 2.45) is 5.73 Å². The zero-order chi connectivity index (χ0) is 11.4. The second kappa shape index (κ2) is 5.47. The maximum absolute atomic E-state index is 11.4. The zero-order valence-electron chi connectivity index (χ0n) is 10.1. The van der Waals surface area contributed by atoms with E-state index in [9.17, 15) is 4.79 Å². The molecule has 1 atom stereocenters. The smallest absolute Gasteiger partial charge is 0.224 e. The molecule has 4 nitrogen and oxygen atoms in total. The number of likely N-dealkylation sites (tertiary alicyclic amines) is 1. The summed E-state index contributed by atoms with van der Waals surface area (Å²) in [6.07, 6.45) is 1.56. The van der Waals surface area contributed by atoms with Gasteiger partial charge in [-0.2, -0.15) is 0 Å². The van der Waals surface area contributed by atoms with Crippen molar-refractivity contribution in [3.8, 4) is 0 Å². The Kier molecular flexibility index (Phi) is 4.54. The predicted molar refractivity (Wildman–Crippen MR) is 61.6 cm³/mol. The second-order valence-corrected chi connectivity index (χ2v) is 4.73. The van der Waals surface area contributed by atoms with E-state index in [1.54, 1.807) is 0 Å². The molecule has 0 bridgehead atoms. The number of nitrogens with zero attached hydrogens (tertiary/aromatic N) is 2. The van der Waals surface area contributed by atoms with Crippen molar-refractivity contribution in [2.75, 3.05) is 26.7 Å². The van der Waals surface area contributed by atoms with Crippen molar-refractivity contribution in [1.82, 2.24) is 9.80 Å². The van der Waals surface area contributed by atoms with E-state index < -0.39 is 0 Å². The molecule has 88 valence electrons. The molecule has 0 aromatic carbocycles. The first-order valence-corrected chi connectivity index (χ1v) is 5.74. The predicted octanol–water partition coefficient (Wildman–Crippen LogP) is 0.276. The second-order valence-electron chi connectivity index (χ2n) is 4.73. The number of rotatable bonds is 5. The van der Waals surface area contributed by atoms with Gasteiger partial charge in [-0.25, -0.2) is 0 Å². The molecule has 0 spiro atoms. The van der Waals surface area contributed by atoms with Gasteiger partial charge in [-0.1, -0.05) is 0 Å². The van der Waals surface area contributed by atoms with Crippen LogP contribution in [0.5, 0.6) is 0 Å². The van der Waals surface area contributed by atoms with Gasteiger partial charge in [0.1, 0.15) is 0 Å². The molecular weight excluding hydrogens is 190 g/mol. The van der Waals surface area contributed by atoms with Gasteiger partial charge in [0.15, 0.2) is 0 Å². The van der Waals surface area contributed by atoms with Crippen LogP contribution in [0.15, 0.2) is 0 Å². The maximum Gasteiger partial charge on any atom is 0.224 e. The van der Waals surface area contributed by atoms with Crippen molar-refractivity contribution in [2.45, 2.75) is 38.8 Å². The Bertz CT molecular complexity index is 218. The molecule has 1 fully saturated rings.